The van der Waals surface area contributed by atoms with E-state index < -0.39 is 24.4 Å². The summed E-state index contributed by atoms with van der Waals surface area (Å²) in [5.74, 6) is -2.90. The molecular formula is C10H11F2NO2. The van der Waals surface area contributed by atoms with Gasteiger partial charge >= 0.3 is 5.97 Å². The fourth-order valence-corrected chi connectivity index (χ4v) is 1.34. The van der Waals surface area contributed by atoms with Gasteiger partial charge in [-0.2, -0.15) is 0 Å². The van der Waals surface area contributed by atoms with Gasteiger partial charge in [-0.05, 0) is 5.56 Å². The van der Waals surface area contributed by atoms with Gasteiger partial charge < -0.3 is 10.8 Å². The molecule has 0 radical (unpaired) electrons. The van der Waals surface area contributed by atoms with E-state index in [1.807, 2.05) is 0 Å². The van der Waals surface area contributed by atoms with Gasteiger partial charge in [0, 0.05) is 0 Å². The second kappa shape index (κ2) is 4.84. The van der Waals surface area contributed by atoms with E-state index in [1.165, 1.54) is 12.1 Å². The van der Waals surface area contributed by atoms with Crippen LogP contribution in [0.5, 0.6) is 0 Å². The Hall–Kier alpha value is -1.49. The first-order valence-electron chi connectivity index (χ1n) is 4.35. The van der Waals surface area contributed by atoms with Crippen LogP contribution < -0.4 is 5.73 Å². The van der Waals surface area contributed by atoms with Gasteiger partial charge in [-0.15, -0.1) is 0 Å². The predicted molar refractivity (Wildman–Crippen MR) is 50.8 cm³/mol. The third-order valence-electron chi connectivity index (χ3n) is 2.13. The molecule has 1 aromatic rings. The zero-order valence-corrected chi connectivity index (χ0v) is 7.81. The molecule has 0 amide bonds. The maximum absolute atomic E-state index is 12.7. The number of halogens is 2. The van der Waals surface area contributed by atoms with Crippen LogP contribution in [0.1, 0.15) is 11.5 Å². The van der Waals surface area contributed by atoms with Gasteiger partial charge in [0.1, 0.15) is 6.04 Å². The highest BCUT2D eigenvalue weighted by molar-refractivity contribution is 5.74. The molecule has 1 aromatic carbocycles. The van der Waals surface area contributed by atoms with E-state index >= 15 is 0 Å². The molecule has 0 heterocycles. The number of hydrogen-bond donors (Lipinski definition) is 2. The molecule has 3 nitrogen and oxygen atoms in total. The summed E-state index contributed by atoms with van der Waals surface area (Å²) in [7, 11) is 0. The molecule has 0 bridgehead atoms. The van der Waals surface area contributed by atoms with Gasteiger partial charge in [0.25, 0.3) is 0 Å². The summed E-state index contributed by atoms with van der Waals surface area (Å²) in [6.07, 6.45) is -2.79. The lowest BCUT2D eigenvalue weighted by atomic mass is 9.92. The number of benzene rings is 1. The largest absolute Gasteiger partial charge is 0.480 e. The van der Waals surface area contributed by atoms with Crippen LogP contribution in [-0.4, -0.2) is 23.5 Å². The lowest BCUT2D eigenvalue weighted by molar-refractivity contribution is -0.140. The molecular weight excluding hydrogens is 204 g/mol. The van der Waals surface area contributed by atoms with Gasteiger partial charge in [-0.25, -0.2) is 8.78 Å². The van der Waals surface area contributed by atoms with Crippen LogP contribution in [0.4, 0.5) is 8.78 Å². The molecule has 2 atom stereocenters. The van der Waals surface area contributed by atoms with Crippen molar-refractivity contribution in [3.8, 4) is 0 Å². The maximum Gasteiger partial charge on any atom is 0.321 e. The highest BCUT2D eigenvalue weighted by atomic mass is 19.3. The first-order chi connectivity index (χ1) is 7.04. The van der Waals surface area contributed by atoms with Gasteiger partial charge in [0.2, 0.25) is 6.43 Å². The van der Waals surface area contributed by atoms with Crippen molar-refractivity contribution in [1.82, 2.24) is 0 Å². The lowest BCUT2D eigenvalue weighted by Crippen LogP contribution is -2.39. The molecule has 15 heavy (non-hydrogen) atoms. The maximum atomic E-state index is 12.7. The second-order valence-electron chi connectivity index (χ2n) is 3.13. The van der Waals surface area contributed by atoms with Crippen molar-refractivity contribution in [2.75, 3.05) is 0 Å². The second-order valence-corrected chi connectivity index (χ2v) is 3.13. The van der Waals surface area contributed by atoms with E-state index in [0.717, 1.165) is 0 Å². The van der Waals surface area contributed by atoms with Crippen LogP contribution in [0, 0.1) is 0 Å². The number of aliphatic carboxylic acids is 1. The van der Waals surface area contributed by atoms with Gasteiger partial charge in [-0.1, -0.05) is 30.3 Å². The van der Waals surface area contributed by atoms with E-state index in [0.29, 0.717) is 0 Å². The van der Waals surface area contributed by atoms with Crippen molar-refractivity contribution in [2.45, 2.75) is 18.4 Å². The molecule has 82 valence electrons. The zero-order valence-electron chi connectivity index (χ0n) is 7.81. The summed E-state index contributed by atoms with van der Waals surface area (Å²) in [6.45, 7) is 0. The predicted octanol–water partition coefficient (Wildman–Crippen LogP) is 1.45. The number of hydrogen-bond acceptors (Lipinski definition) is 2. The van der Waals surface area contributed by atoms with Crippen molar-refractivity contribution < 1.29 is 18.7 Å². The zero-order chi connectivity index (χ0) is 11.4. The van der Waals surface area contributed by atoms with E-state index in [-0.39, 0.29) is 5.56 Å². The van der Waals surface area contributed by atoms with Crippen LogP contribution >= 0.6 is 0 Å². The highest BCUT2D eigenvalue weighted by Gasteiger charge is 2.33. The molecule has 0 spiro atoms. The van der Waals surface area contributed by atoms with E-state index in [4.69, 9.17) is 10.8 Å². The molecule has 0 aliphatic heterocycles. The fourth-order valence-electron chi connectivity index (χ4n) is 1.34. The molecule has 5 heteroatoms. The standard InChI is InChI=1S/C10H11F2NO2/c11-9(12)7(8(13)10(14)15)6-4-2-1-3-5-6/h1-5,7-9H,13H2,(H,14,15)/t7-,8+/m1/s1. The van der Waals surface area contributed by atoms with E-state index in [9.17, 15) is 13.6 Å². The van der Waals surface area contributed by atoms with Crippen LogP contribution in [0.3, 0.4) is 0 Å². The molecule has 1 rings (SSSR count). The summed E-state index contributed by atoms with van der Waals surface area (Å²) in [5, 5.41) is 8.60. The average Bonchev–Trinajstić information content (AvgIpc) is 2.18. The molecule has 0 saturated heterocycles. The summed E-state index contributed by atoms with van der Waals surface area (Å²) >= 11 is 0. The van der Waals surface area contributed by atoms with Crippen molar-refractivity contribution in [3.05, 3.63) is 35.9 Å². The Morgan fingerprint density at radius 1 is 1.27 bits per heavy atom. The lowest BCUT2D eigenvalue weighted by Gasteiger charge is -2.20. The molecule has 0 fully saturated rings. The number of carboxylic acids is 1. The number of carbonyl (C=O) groups is 1. The smallest absolute Gasteiger partial charge is 0.321 e. The third kappa shape index (κ3) is 2.73. The van der Waals surface area contributed by atoms with Crippen LogP contribution in [0.25, 0.3) is 0 Å². The Bertz CT molecular complexity index is 329. The number of alkyl halides is 2. The molecule has 0 aliphatic rings. The van der Waals surface area contributed by atoms with Crippen molar-refractivity contribution in [3.63, 3.8) is 0 Å². The number of nitrogens with two attached hydrogens (primary N) is 1. The molecule has 0 unspecified atom stereocenters. The minimum absolute atomic E-state index is 0.238. The summed E-state index contributed by atoms with van der Waals surface area (Å²) in [5.41, 5.74) is 5.45. The summed E-state index contributed by atoms with van der Waals surface area (Å²) in [6, 6.07) is 6.10. The Morgan fingerprint density at radius 3 is 2.20 bits per heavy atom. The number of rotatable bonds is 4. The van der Waals surface area contributed by atoms with Crippen molar-refractivity contribution in [2.24, 2.45) is 5.73 Å². The Labute approximate surface area is 85.5 Å². The van der Waals surface area contributed by atoms with E-state index in [1.54, 1.807) is 18.2 Å². The first-order valence-corrected chi connectivity index (χ1v) is 4.35. The highest BCUT2D eigenvalue weighted by Crippen LogP contribution is 2.25. The molecule has 0 aliphatic carbocycles. The quantitative estimate of drug-likeness (QED) is 0.798. The SMILES string of the molecule is N[C@H](C(=O)O)[C@@H](c1ccccc1)C(F)F. The Kier molecular flexibility index (Phi) is 3.74. The molecule has 0 saturated carbocycles. The fraction of sp³-hybridized carbons (Fsp3) is 0.300. The Morgan fingerprint density at radius 2 is 1.80 bits per heavy atom. The van der Waals surface area contributed by atoms with Crippen LogP contribution in [0.15, 0.2) is 30.3 Å². The number of carboxylic acid groups (broad SMARTS) is 1. The van der Waals surface area contributed by atoms with Crippen LogP contribution in [0.2, 0.25) is 0 Å². The van der Waals surface area contributed by atoms with Gasteiger partial charge in [0.05, 0.1) is 5.92 Å². The van der Waals surface area contributed by atoms with Crippen molar-refractivity contribution in [1.29, 1.82) is 0 Å². The summed E-state index contributed by atoms with van der Waals surface area (Å²) < 4.78 is 25.3. The van der Waals surface area contributed by atoms with E-state index in [2.05, 4.69) is 0 Å². The summed E-state index contributed by atoms with van der Waals surface area (Å²) in [4.78, 5) is 10.6. The van der Waals surface area contributed by atoms with Gasteiger partial charge in [0.15, 0.2) is 0 Å². The van der Waals surface area contributed by atoms with Crippen molar-refractivity contribution >= 4 is 5.97 Å². The average molecular weight is 215 g/mol. The normalized spacial score (nSPS) is 14.9. The minimum atomic E-state index is -2.79. The van der Waals surface area contributed by atoms with Crippen LogP contribution in [-0.2, 0) is 4.79 Å². The monoisotopic (exact) mass is 215 g/mol. The first kappa shape index (κ1) is 11.6. The molecule has 3 N–H and O–H groups in total. The Balaban J connectivity index is 2.99. The third-order valence-corrected chi connectivity index (χ3v) is 2.13. The topological polar surface area (TPSA) is 63.3 Å². The molecule has 0 aromatic heterocycles. The van der Waals surface area contributed by atoms with Gasteiger partial charge in [-0.3, -0.25) is 4.79 Å². The minimum Gasteiger partial charge on any atom is -0.480 e.